The number of anilines is 1. The number of aromatic nitrogens is 1. The number of halogens is 2. The third-order valence-electron chi connectivity index (χ3n) is 5.09. The van der Waals surface area contributed by atoms with E-state index in [1.54, 1.807) is 18.2 Å². The number of ether oxygens (including phenoxy) is 1. The smallest absolute Gasteiger partial charge is 0.300 e. The quantitative estimate of drug-likeness (QED) is 0.324. The third kappa shape index (κ3) is 3.66. The van der Waals surface area contributed by atoms with E-state index in [1.165, 1.54) is 49.8 Å². The Labute approximate surface area is 193 Å². The Morgan fingerprint density at radius 2 is 1.78 bits per heavy atom. The molecule has 2 N–H and O–H groups in total. The summed E-state index contributed by atoms with van der Waals surface area (Å²) in [5, 5.41) is 22.0. The molecule has 4 rings (SSSR count). The van der Waals surface area contributed by atoms with Crippen LogP contribution in [0.25, 0.3) is 5.76 Å². The number of aliphatic hydroxyl groups is 1. The van der Waals surface area contributed by atoms with Crippen LogP contribution in [0.2, 0.25) is 10.0 Å². The fourth-order valence-electron chi connectivity index (χ4n) is 3.59. The van der Waals surface area contributed by atoms with E-state index in [1.807, 2.05) is 0 Å². The number of pyridine rings is 1. The molecule has 1 unspecified atom stereocenters. The first-order valence-corrected chi connectivity index (χ1v) is 10.1. The third-order valence-corrected chi connectivity index (χ3v) is 5.66. The molecule has 3 aromatic rings. The highest BCUT2D eigenvalue weighted by molar-refractivity contribution is 6.52. The molecule has 0 spiro atoms. The van der Waals surface area contributed by atoms with Crippen molar-refractivity contribution >= 4 is 46.3 Å². The summed E-state index contributed by atoms with van der Waals surface area (Å²) in [6.45, 7) is 0. The topological polar surface area (TPSA) is 100.0 Å². The van der Waals surface area contributed by atoms with Gasteiger partial charge in [0.1, 0.15) is 17.3 Å². The van der Waals surface area contributed by atoms with Gasteiger partial charge in [-0.05, 0) is 54.1 Å². The summed E-state index contributed by atoms with van der Waals surface area (Å²) in [6.07, 6.45) is 2.98. The van der Waals surface area contributed by atoms with Crippen molar-refractivity contribution in [1.82, 2.24) is 4.98 Å². The van der Waals surface area contributed by atoms with Crippen LogP contribution in [0.1, 0.15) is 17.2 Å². The minimum Gasteiger partial charge on any atom is -0.507 e. The molecule has 1 aromatic heterocycles. The minimum atomic E-state index is -1.07. The molecular weight excluding hydrogens is 455 g/mol. The first kappa shape index (κ1) is 21.7. The van der Waals surface area contributed by atoms with Gasteiger partial charge in [-0.3, -0.25) is 19.5 Å². The monoisotopic (exact) mass is 470 g/mol. The second-order valence-corrected chi connectivity index (χ2v) is 7.77. The zero-order valence-corrected chi connectivity index (χ0v) is 18.1. The van der Waals surface area contributed by atoms with Gasteiger partial charge < -0.3 is 14.9 Å². The van der Waals surface area contributed by atoms with Gasteiger partial charge in [0, 0.05) is 23.0 Å². The minimum absolute atomic E-state index is 0.0252. The second-order valence-electron chi connectivity index (χ2n) is 6.93. The first-order valence-electron chi connectivity index (χ1n) is 9.37. The average molecular weight is 471 g/mol. The summed E-state index contributed by atoms with van der Waals surface area (Å²) in [5.41, 5.74) is 0.436. The normalized spacial score (nSPS) is 17.6. The summed E-state index contributed by atoms with van der Waals surface area (Å²) in [6, 6.07) is 10.9. The number of Topliss-reactive ketones (excluding diaryl/α,β-unsaturated/α-hetero) is 1. The highest BCUT2D eigenvalue weighted by Crippen LogP contribution is 2.46. The van der Waals surface area contributed by atoms with Crippen LogP contribution >= 0.6 is 23.2 Å². The van der Waals surface area contributed by atoms with Gasteiger partial charge in [-0.25, -0.2) is 0 Å². The number of nitrogens with zero attached hydrogens (tertiary/aromatic N) is 2. The Balaban J connectivity index is 2.00. The largest absolute Gasteiger partial charge is 0.507 e. The molecule has 0 aliphatic carbocycles. The van der Waals surface area contributed by atoms with Gasteiger partial charge in [0.05, 0.1) is 29.4 Å². The van der Waals surface area contributed by atoms with Crippen molar-refractivity contribution in [3.8, 4) is 11.5 Å². The predicted octanol–water partition coefficient (Wildman–Crippen LogP) is 4.73. The van der Waals surface area contributed by atoms with Crippen molar-refractivity contribution in [1.29, 1.82) is 0 Å². The van der Waals surface area contributed by atoms with Crippen LogP contribution in [0.4, 0.5) is 5.69 Å². The Hall–Kier alpha value is -3.55. The molecule has 0 radical (unpaired) electrons. The lowest BCUT2D eigenvalue weighted by Crippen LogP contribution is -2.29. The van der Waals surface area contributed by atoms with Crippen LogP contribution in [0.5, 0.6) is 11.5 Å². The summed E-state index contributed by atoms with van der Waals surface area (Å²) >= 11 is 12.4. The van der Waals surface area contributed by atoms with Gasteiger partial charge in [-0.15, -0.1) is 0 Å². The fraction of sp³-hybridized carbons (Fsp3) is 0.0870. The maximum absolute atomic E-state index is 13.1. The van der Waals surface area contributed by atoms with Crippen LogP contribution < -0.4 is 9.64 Å². The SMILES string of the molecule is COc1ccc(Cl)c(/C(O)=C2\C(=O)C(=O)N(c3cc(Cl)ccc3O)C2c2ccncc2)c1. The summed E-state index contributed by atoms with van der Waals surface area (Å²) in [4.78, 5) is 31.3. The van der Waals surface area contributed by atoms with Crippen molar-refractivity contribution < 1.29 is 24.5 Å². The van der Waals surface area contributed by atoms with Crippen molar-refractivity contribution in [3.63, 3.8) is 0 Å². The number of methoxy groups -OCH3 is 1. The number of ketones is 1. The summed E-state index contributed by atoms with van der Waals surface area (Å²) < 4.78 is 5.19. The number of phenols is 1. The molecule has 1 amide bonds. The molecule has 162 valence electrons. The Morgan fingerprint density at radius 3 is 2.47 bits per heavy atom. The van der Waals surface area contributed by atoms with Crippen LogP contribution in [0.3, 0.4) is 0 Å². The van der Waals surface area contributed by atoms with Crippen molar-refractivity contribution in [2.24, 2.45) is 0 Å². The average Bonchev–Trinajstić information content (AvgIpc) is 3.06. The van der Waals surface area contributed by atoms with E-state index < -0.39 is 23.5 Å². The van der Waals surface area contributed by atoms with E-state index in [2.05, 4.69) is 4.98 Å². The number of carbonyl (C=O) groups is 2. The van der Waals surface area contributed by atoms with E-state index in [0.29, 0.717) is 11.3 Å². The Morgan fingerprint density at radius 1 is 1.06 bits per heavy atom. The van der Waals surface area contributed by atoms with E-state index >= 15 is 0 Å². The van der Waals surface area contributed by atoms with Gasteiger partial charge in [0.15, 0.2) is 0 Å². The number of phenolic OH excluding ortho intramolecular Hbond substituents is 1. The number of aliphatic hydroxyl groups excluding tert-OH is 1. The maximum atomic E-state index is 13.1. The highest BCUT2D eigenvalue weighted by atomic mass is 35.5. The number of hydrogen-bond donors (Lipinski definition) is 2. The zero-order chi connectivity index (χ0) is 23.0. The lowest BCUT2D eigenvalue weighted by Gasteiger charge is -2.26. The van der Waals surface area contributed by atoms with Crippen LogP contribution in [0, 0.1) is 0 Å². The predicted molar refractivity (Wildman–Crippen MR) is 120 cm³/mol. The summed E-state index contributed by atoms with van der Waals surface area (Å²) in [7, 11) is 1.45. The van der Waals surface area contributed by atoms with E-state index in [9.17, 15) is 19.8 Å². The van der Waals surface area contributed by atoms with Gasteiger partial charge in [-0.1, -0.05) is 23.2 Å². The molecule has 7 nitrogen and oxygen atoms in total. The molecule has 1 aliphatic rings. The van der Waals surface area contributed by atoms with E-state index in [-0.39, 0.29) is 32.6 Å². The lowest BCUT2D eigenvalue weighted by atomic mass is 9.95. The molecule has 1 saturated heterocycles. The summed E-state index contributed by atoms with van der Waals surface area (Å²) in [5.74, 6) is -2.21. The van der Waals surface area contributed by atoms with Gasteiger partial charge in [0.2, 0.25) is 0 Å². The molecule has 32 heavy (non-hydrogen) atoms. The van der Waals surface area contributed by atoms with Crippen molar-refractivity contribution in [2.45, 2.75) is 6.04 Å². The Kier molecular flexibility index (Phi) is 5.78. The number of carbonyl (C=O) groups excluding carboxylic acids is 2. The van der Waals surface area contributed by atoms with E-state index in [0.717, 1.165) is 4.90 Å². The van der Waals surface area contributed by atoms with Crippen LogP contribution in [-0.4, -0.2) is 34.0 Å². The molecule has 2 aromatic carbocycles. The second kappa shape index (κ2) is 8.53. The Bertz CT molecular complexity index is 1260. The standard InChI is InChI=1S/C23H16Cl2N2O5/c1-32-14-3-4-16(25)15(11-14)21(29)19-20(12-6-8-26-9-7-12)27(23(31)22(19)30)17-10-13(24)2-5-18(17)28/h2-11,20,28-29H,1H3/b21-19+. The van der Waals surface area contributed by atoms with Crippen molar-refractivity contribution in [3.05, 3.63) is 87.7 Å². The fourth-order valence-corrected chi connectivity index (χ4v) is 3.96. The molecule has 0 saturated carbocycles. The van der Waals surface area contributed by atoms with Gasteiger partial charge in [-0.2, -0.15) is 0 Å². The van der Waals surface area contributed by atoms with Crippen LogP contribution in [0.15, 0.2) is 66.5 Å². The van der Waals surface area contributed by atoms with Gasteiger partial charge >= 0.3 is 0 Å². The highest BCUT2D eigenvalue weighted by Gasteiger charge is 2.48. The molecule has 0 bridgehead atoms. The number of amides is 1. The number of hydrogen-bond acceptors (Lipinski definition) is 6. The molecule has 1 fully saturated rings. The molecule has 9 heteroatoms. The van der Waals surface area contributed by atoms with Gasteiger partial charge in [0.25, 0.3) is 11.7 Å². The zero-order valence-electron chi connectivity index (χ0n) is 16.6. The van der Waals surface area contributed by atoms with Crippen molar-refractivity contribution in [2.75, 3.05) is 12.0 Å². The molecule has 2 heterocycles. The molecule has 1 atom stereocenters. The molecule has 1 aliphatic heterocycles. The first-order chi connectivity index (χ1) is 15.3. The van der Waals surface area contributed by atoms with Crippen LogP contribution in [-0.2, 0) is 9.59 Å². The van der Waals surface area contributed by atoms with E-state index in [4.69, 9.17) is 27.9 Å². The lowest BCUT2D eigenvalue weighted by molar-refractivity contribution is -0.132. The number of aromatic hydroxyl groups is 1. The maximum Gasteiger partial charge on any atom is 0.300 e. The number of rotatable bonds is 4. The molecular formula is C23H16Cl2N2O5. The number of benzene rings is 2.